The second-order valence-electron chi connectivity index (χ2n) is 4.00. The van der Waals surface area contributed by atoms with Crippen molar-refractivity contribution in [2.24, 2.45) is 0 Å². The van der Waals surface area contributed by atoms with E-state index in [4.69, 9.17) is 23.2 Å². The second-order valence-corrected chi connectivity index (χ2v) is 4.74. The summed E-state index contributed by atoms with van der Waals surface area (Å²) in [5.74, 6) is -0.243. The van der Waals surface area contributed by atoms with Gasteiger partial charge in [-0.1, -0.05) is 23.2 Å². The fourth-order valence-electron chi connectivity index (χ4n) is 1.10. The molecule has 1 amide bonds. The van der Waals surface area contributed by atoms with Crippen molar-refractivity contribution in [1.82, 2.24) is 15.2 Å². The molecule has 0 fully saturated rings. The third kappa shape index (κ3) is 4.15. The average molecular weight is 276 g/mol. The molecular weight excluding hydrogens is 261 g/mol. The van der Waals surface area contributed by atoms with Crippen molar-refractivity contribution in [3.05, 3.63) is 28.0 Å². The highest BCUT2D eigenvalue weighted by Gasteiger charge is 2.13. The first-order chi connectivity index (χ1) is 7.91. The zero-order chi connectivity index (χ0) is 13.0. The molecule has 1 unspecified atom stereocenters. The number of halogens is 2. The summed E-state index contributed by atoms with van der Waals surface area (Å²) in [6.45, 7) is 2.56. The number of carbonyl (C=O) groups excluding carboxylic acids is 1. The van der Waals surface area contributed by atoms with Crippen LogP contribution in [0.15, 0.2) is 12.1 Å². The number of hydrogen-bond donors (Lipinski definition) is 1. The van der Waals surface area contributed by atoms with Gasteiger partial charge in [-0.25, -0.2) is 4.98 Å². The van der Waals surface area contributed by atoms with Gasteiger partial charge in [0.05, 0.1) is 5.56 Å². The normalized spacial score (nSPS) is 12.6. The number of nitrogens with one attached hydrogen (secondary N) is 1. The summed E-state index contributed by atoms with van der Waals surface area (Å²) in [4.78, 5) is 17.6. The van der Waals surface area contributed by atoms with Gasteiger partial charge in [-0.05, 0) is 33.2 Å². The Morgan fingerprint density at radius 2 is 2.12 bits per heavy atom. The SMILES string of the molecule is CC(CNC(=O)c1ccc(Cl)nc1Cl)N(C)C. The Labute approximate surface area is 111 Å². The second kappa shape index (κ2) is 6.19. The molecule has 1 N–H and O–H groups in total. The van der Waals surface area contributed by atoms with Gasteiger partial charge in [-0.2, -0.15) is 0 Å². The Bertz CT molecular complexity index is 410. The lowest BCUT2D eigenvalue weighted by Crippen LogP contribution is -2.38. The number of hydrogen-bond acceptors (Lipinski definition) is 3. The van der Waals surface area contributed by atoms with Crippen LogP contribution in [0.2, 0.25) is 10.3 Å². The summed E-state index contributed by atoms with van der Waals surface area (Å²) in [6, 6.07) is 3.35. The molecule has 0 aliphatic carbocycles. The van der Waals surface area contributed by atoms with Crippen molar-refractivity contribution in [2.45, 2.75) is 13.0 Å². The van der Waals surface area contributed by atoms with Gasteiger partial charge in [-0.15, -0.1) is 0 Å². The minimum atomic E-state index is -0.243. The first-order valence-corrected chi connectivity index (χ1v) is 5.94. The van der Waals surface area contributed by atoms with Crippen LogP contribution in [0.1, 0.15) is 17.3 Å². The molecule has 0 aliphatic heterocycles. The maximum Gasteiger partial charge on any atom is 0.254 e. The largest absolute Gasteiger partial charge is 0.350 e. The lowest BCUT2D eigenvalue weighted by molar-refractivity contribution is 0.0943. The van der Waals surface area contributed by atoms with E-state index in [-0.39, 0.29) is 22.3 Å². The Hall–Kier alpha value is -0.840. The predicted octanol–water partition coefficient (Wildman–Crippen LogP) is 2.07. The predicted molar refractivity (Wildman–Crippen MR) is 69.7 cm³/mol. The van der Waals surface area contributed by atoms with Crippen LogP contribution in [0, 0.1) is 0 Å². The first-order valence-electron chi connectivity index (χ1n) is 5.18. The molecule has 0 saturated carbocycles. The van der Waals surface area contributed by atoms with E-state index in [9.17, 15) is 4.79 Å². The Morgan fingerprint density at radius 1 is 1.47 bits per heavy atom. The topological polar surface area (TPSA) is 45.2 Å². The van der Waals surface area contributed by atoms with Crippen LogP contribution < -0.4 is 5.32 Å². The van der Waals surface area contributed by atoms with Crippen LogP contribution in [0.5, 0.6) is 0 Å². The molecule has 4 nitrogen and oxygen atoms in total. The molecule has 0 aliphatic rings. The van der Waals surface area contributed by atoms with Gasteiger partial charge in [0.2, 0.25) is 0 Å². The van der Waals surface area contributed by atoms with Gasteiger partial charge in [0.25, 0.3) is 5.91 Å². The fourth-order valence-corrected chi connectivity index (χ4v) is 1.53. The average Bonchev–Trinajstić information content (AvgIpc) is 2.25. The van der Waals surface area contributed by atoms with Crippen LogP contribution in [-0.4, -0.2) is 42.5 Å². The van der Waals surface area contributed by atoms with E-state index in [1.54, 1.807) is 6.07 Å². The number of amides is 1. The summed E-state index contributed by atoms with van der Waals surface area (Å²) in [5, 5.41) is 3.18. The van der Waals surface area contributed by atoms with Crippen molar-refractivity contribution in [3.8, 4) is 0 Å². The molecule has 1 atom stereocenters. The zero-order valence-electron chi connectivity index (χ0n) is 10.00. The molecule has 94 valence electrons. The van der Waals surface area contributed by atoms with Crippen molar-refractivity contribution in [1.29, 1.82) is 0 Å². The molecule has 1 heterocycles. The van der Waals surface area contributed by atoms with Gasteiger partial charge in [0.1, 0.15) is 10.3 Å². The molecular formula is C11H15Cl2N3O. The standard InChI is InChI=1S/C11H15Cl2N3O/c1-7(16(2)3)6-14-11(17)8-4-5-9(12)15-10(8)13/h4-5,7H,6H2,1-3H3,(H,14,17). The molecule has 1 aromatic heterocycles. The minimum absolute atomic E-state index is 0.118. The van der Waals surface area contributed by atoms with E-state index in [0.29, 0.717) is 12.1 Å². The van der Waals surface area contributed by atoms with E-state index in [1.807, 2.05) is 25.9 Å². The highest BCUT2D eigenvalue weighted by atomic mass is 35.5. The zero-order valence-corrected chi connectivity index (χ0v) is 11.5. The molecule has 0 saturated heterocycles. The van der Waals surface area contributed by atoms with Crippen LogP contribution in [0.4, 0.5) is 0 Å². The quantitative estimate of drug-likeness (QED) is 0.856. The number of carbonyl (C=O) groups is 1. The van der Waals surface area contributed by atoms with Crippen LogP contribution in [0.25, 0.3) is 0 Å². The van der Waals surface area contributed by atoms with E-state index in [2.05, 4.69) is 10.3 Å². The smallest absolute Gasteiger partial charge is 0.254 e. The summed E-state index contributed by atoms with van der Waals surface area (Å²) in [5.41, 5.74) is 0.335. The molecule has 1 rings (SSSR count). The lowest BCUT2D eigenvalue weighted by Gasteiger charge is -2.20. The van der Waals surface area contributed by atoms with Gasteiger partial charge >= 0.3 is 0 Å². The lowest BCUT2D eigenvalue weighted by atomic mass is 10.2. The van der Waals surface area contributed by atoms with Crippen molar-refractivity contribution in [3.63, 3.8) is 0 Å². The third-order valence-corrected chi connectivity index (χ3v) is 3.00. The highest BCUT2D eigenvalue weighted by molar-refractivity contribution is 6.34. The Kier molecular flexibility index (Phi) is 5.18. The molecule has 0 bridgehead atoms. The van der Waals surface area contributed by atoms with Crippen molar-refractivity contribution >= 4 is 29.1 Å². The molecule has 0 spiro atoms. The number of likely N-dealkylation sites (N-methyl/N-ethyl adjacent to an activating group) is 1. The summed E-state index contributed by atoms with van der Waals surface area (Å²) in [7, 11) is 3.90. The van der Waals surface area contributed by atoms with E-state index in [0.717, 1.165) is 0 Å². The molecule has 0 radical (unpaired) electrons. The van der Waals surface area contributed by atoms with Gasteiger partial charge in [0, 0.05) is 12.6 Å². The summed E-state index contributed by atoms with van der Waals surface area (Å²) < 4.78 is 0. The fraction of sp³-hybridized carbons (Fsp3) is 0.455. The summed E-state index contributed by atoms with van der Waals surface area (Å²) >= 11 is 11.5. The van der Waals surface area contributed by atoms with E-state index in [1.165, 1.54) is 6.07 Å². The number of nitrogens with zero attached hydrogens (tertiary/aromatic N) is 2. The Morgan fingerprint density at radius 3 is 2.65 bits per heavy atom. The maximum atomic E-state index is 11.8. The van der Waals surface area contributed by atoms with Gasteiger partial charge in [-0.3, -0.25) is 4.79 Å². The van der Waals surface area contributed by atoms with Crippen LogP contribution in [-0.2, 0) is 0 Å². The van der Waals surface area contributed by atoms with Crippen LogP contribution >= 0.6 is 23.2 Å². The minimum Gasteiger partial charge on any atom is -0.350 e. The molecule has 1 aromatic rings. The molecule has 0 aromatic carbocycles. The van der Waals surface area contributed by atoms with E-state index < -0.39 is 0 Å². The van der Waals surface area contributed by atoms with Gasteiger partial charge < -0.3 is 10.2 Å². The molecule has 17 heavy (non-hydrogen) atoms. The Balaban J connectivity index is 2.64. The monoisotopic (exact) mass is 275 g/mol. The van der Waals surface area contributed by atoms with E-state index >= 15 is 0 Å². The maximum absolute atomic E-state index is 11.8. The first kappa shape index (κ1) is 14.2. The molecule has 6 heteroatoms. The number of rotatable bonds is 4. The van der Waals surface area contributed by atoms with Gasteiger partial charge in [0.15, 0.2) is 0 Å². The highest BCUT2D eigenvalue weighted by Crippen LogP contribution is 2.16. The number of aromatic nitrogens is 1. The number of pyridine rings is 1. The summed E-state index contributed by atoms with van der Waals surface area (Å²) in [6.07, 6.45) is 0. The van der Waals surface area contributed by atoms with Crippen molar-refractivity contribution < 1.29 is 4.79 Å². The third-order valence-electron chi connectivity index (χ3n) is 2.50. The van der Waals surface area contributed by atoms with Crippen LogP contribution in [0.3, 0.4) is 0 Å². The van der Waals surface area contributed by atoms with Crippen molar-refractivity contribution in [2.75, 3.05) is 20.6 Å².